The molecular formula is C15H10F2N2O. The van der Waals surface area contributed by atoms with E-state index in [0.29, 0.717) is 11.4 Å². The fourth-order valence-electron chi connectivity index (χ4n) is 1.94. The molecule has 100 valence electrons. The summed E-state index contributed by atoms with van der Waals surface area (Å²) in [7, 11) is 0. The number of hydrogen-bond donors (Lipinski definition) is 1. The van der Waals surface area contributed by atoms with Crippen LogP contribution >= 0.6 is 0 Å². The quantitative estimate of drug-likeness (QED) is 0.720. The lowest BCUT2D eigenvalue weighted by Crippen LogP contribution is -1.92. The summed E-state index contributed by atoms with van der Waals surface area (Å²) in [6.07, 6.45) is 3.24. The first-order valence-corrected chi connectivity index (χ1v) is 5.90. The van der Waals surface area contributed by atoms with E-state index in [0.717, 1.165) is 22.9 Å². The molecule has 3 nitrogen and oxygen atoms in total. The molecule has 0 bridgehead atoms. The van der Waals surface area contributed by atoms with Gasteiger partial charge in [-0.15, -0.1) is 0 Å². The minimum atomic E-state index is -0.955. The molecule has 5 heteroatoms. The Morgan fingerprint density at radius 2 is 1.80 bits per heavy atom. The number of ether oxygens (including phenoxy) is 1. The number of fused-ring (bicyclic) bond motifs is 1. The Labute approximate surface area is 113 Å². The van der Waals surface area contributed by atoms with Crippen LogP contribution < -0.4 is 10.5 Å². The Hall–Kier alpha value is -2.69. The molecule has 2 N–H and O–H groups in total. The van der Waals surface area contributed by atoms with Crippen LogP contribution in [0.1, 0.15) is 0 Å². The van der Waals surface area contributed by atoms with Crippen LogP contribution in [0.2, 0.25) is 0 Å². The van der Waals surface area contributed by atoms with Crippen molar-refractivity contribution in [1.82, 2.24) is 4.98 Å². The van der Waals surface area contributed by atoms with Gasteiger partial charge in [-0.25, -0.2) is 8.78 Å². The highest BCUT2D eigenvalue weighted by molar-refractivity contribution is 5.96. The number of nitrogen functional groups attached to an aromatic ring is 1. The fraction of sp³-hybridized carbons (Fsp3) is 0. The van der Waals surface area contributed by atoms with Gasteiger partial charge < -0.3 is 10.5 Å². The number of nitrogens with zero attached hydrogens (tertiary/aromatic N) is 1. The van der Waals surface area contributed by atoms with Crippen LogP contribution in [0.3, 0.4) is 0 Å². The molecule has 1 aromatic heterocycles. The first kappa shape index (κ1) is 12.3. The van der Waals surface area contributed by atoms with Gasteiger partial charge in [0, 0.05) is 34.9 Å². The number of benzene rings is 2. The molecule has 0 unspecified atom stereocenters. The lowest BCUT2D eigenvalue weighted by atomic mass is 10.1. The van der Waals surface area contributed by atoms with E-state index in [1.54, 1.807) is 30.6 Å². The maximum absolute atomic E-state index is 13.2. The van der Waals surface area contributed by atoms with Crippen LogP contribution in [0.15, 0.2) is 48.8 Å². The van der Waals surface area contributed by atoms with Gasteiger partial charge in [0.05, 0.1) is 0 Å². The molecule has 0 saturated carbocycles. The van der Waals surface area contributed by atoms with Gasteiger partial charge in [0.25, 0.3) is 0 Å². The molecule has 3 rings (SSSR count). The van der Waals surface area contributed by atoms with Crippen molar-refractivity contribution in [3.05, 3.63) is 60.4 Å². The highest BCUT2D eigenvalue weighted by atomic mass is 19.2. The number of anilines is 1. The topological polar surface area (TPSA) is 48.1 Å². The van der Waals surface area contributed by atoms with Gasteiger partial charge >= 0.3 is 0 Å². The lowest BCUT2D eigenvalue weighted by molar-refractivity contribution is 0.465. The number of halogens is 2. The highest BCUT2D eigenvalue weighted by Gasteiger charge is 2.08. The SMILES string of the molecule is Nc1ccc(Oc2ccc(F)c(F)c2)c2ccncc12. The van der Waals surface area contributed by atoms with Crippen molar-refractivity contribution in [1.29, 1.82) is 0 Å². The standard InChI is InChI=1S/C15H10F2N2O/c16-12-2-1-9(7-13(12)17)20-15-4-3-14(18)11-8-19-6-5-10(11)15/h1-8H,18H2. The lowest BCUT2D eigenvalue weighted by Gasteiger charge is -2.10. The van der Waals surface area contributed by atoms with E-state index in [1.807, 2.05) is 0 Å². The summed E-state index contributed by atoms with van der Waals surface area (Å²) in [5.74, 6) is -1.15. The zero-order valence-electron chi connectivity index (χ0n) is 10.3. The third-order valence-electron chi connectivity index (χ3n) is 2.93. The maximum Gasteiger partial charge on any atom is 0.162 e. The summed E-state index contributed by atoms with van der Waals surface area (Å²) < 4.78 is 31.7. The van der Waals surface area contributed by atoms with E-state index < -0.39 is 11.6 Å². The summed E-state index contributed by atoms with van der Waals surface area (Å²) in [5, 5.41) is 1.50. The molecule has 0 spiro atoms. The molecule has 0 amide bonds. The predicted octanol–water partition coefficient (Wildman–Crippen LogP) is 3.89. The van der Waals surface area contributed by atoms with Gasteiger partial charge in [0.1, 0.15) is 11.5 Å². The minimum Gasteiger partial charge on any atom is -0.457 e. The second-order valence-corrected chi connectivity index (χ2v) is 4.25. The zero-order valence-corrected chi connectivity index (χ0v) is 10.3. The average molecular weight is 272 g/mol. The molecule has 0 radical (unpaired) electrons. The van der Waals surface area contributed by atoms with Crippen molar-refractivity contribution in [2.24, 2.45) is 0 Å². The maximum atomic E-state index is 13.2. The highest BCUT2D eigenvalue weighted by Crippen LogP contribution is 2.32. The summed E-state index contributed by atoms with van der Waals surface area (Å²) >= 11 is 0. The van der Waals surface area contributed by atoms with Crippen molar-refractivity contribution in [2.75, 3.05) is 5.73 Å². The van der Waals surface area contributed by atoms with Crippen LogP contribution in [0, 0.1) is 11.6 Å². The molecule has 3 aromatic rings. The number of aromatic nitrogens is 1. The van der Waals surface area contributed by atoms with Crippen LogP contribution in [0.5, 0.6) is 11.5 Å². The summed E-state index contributed by atoms with van der Waals surface area (Å²) in [6.45, 7) is 0. The largest absolute Gasteiger partial charge is 0.457 e. The van der Waals surface area contributed by atoms with E-state index in [1.165, 1.54) is 6.07 Å². The molecule has 0 aliphatic rings. The van der Waals surface area contributed by atoms with Gasteiger partial charge in [0.15, 0.2) is 11.6 Å². The van der Waals surface area contributed by atoms with Crippen molar-refractivity contribution in [3.63, 3.8) is 0 Å². The Bertz CT molecular complexity index is 790. The molecule has 0 fully saturated rings. The second kappa shape index (κ2) is 4.77. The van der Waals surface area contributed by atoms with E-state index in [-0.39, 0.29) is 5.75 Å². The molecule has 0 aliphatic heterocycles. The van der Waals surface area contributed by atoms with E-state index >= 15 is 0 Å². The Kier molecular flexibility index (Phi) is 2.95. The fourth-order valence-corrected chi connectivity index (χ4v) is 1.94. The van der Waals surface area contributed by atoms with Crippen molar-refractivity contribution < 1.29 is 13.5 Å². The minimum absolute atomic E-state index is 0.215. The molecule has 20 heavy (non-hydrogen) atoms. The summed E-state index contributed by atoms with van der Waals surface area (Å²) in [5.41, 5.74) is 6.43. The van der Waals surface area contributed by atoms with Gasteiger partial charge in [-0.3, -0.25) is 4.98 Å². The third-order valence-corrected chi connectivity index (χ3v) is 2.93. The van der Waals surface area contributed by atoms with Gasteiger partial charge in [-0.2, -0.15) is 0 Å². The van der Waals surface area contributed by atoms with Crippen molar-refractivity contribution >= 4 is 16.5 Å². The molecular weight excluding hydrogens is 262 g/mol. The zero-order chi connectivity index (χ0) is 14.1. The van der Waals surface area contributed by atoms with Crippen molar-refractivity contribution in [2.45, 2.75) is 0 Å². The number of hydrogen-bond acceptors (Lipinski definition) is 3. The van der Waals surface area contributed by atoms with Crippen LogP contribution in [-0.2, 0) is 0 Å². The third kappa shape index (κ3) is 2.14. The van der Waals surface area contributed by atoms with E-state index in [4.69, 9.17) is 10.5 Å². The Morgan fingerprint density at radius 3 is 2.60 bits per heavy atom. The molecule has 0 saturated heterocycles. The Morgan fingerprint density at radius 1 is 0.950 bits per heavy atom. The number of nitrogens with two attached hydrogens (primary N) is 1. The smallest absolute Gasteiger partial charge is 0.162 e. The normalized spacial score (nSPS) is 10.7. The Balaban J connectivity index is 2.06. The second-order valence-electron chi connectivity index (χ2n) is 4.25. The molecule has 0 atom stereocenters. The van der Waals surface area contributed by atoms with E-state index in [2.05, 4.69) is 4.98 Å². The molecule has 1 heterocycles. The van der Waals surface area contributed by atoms with Gasteiger partial charge in [-0.05, 0) is 30.3 Å². The summed E-state index contributed by atoms with van der Waals surface area (Å²) in [6, 6.07) is 8.49. The predicted molar refractivity (Wildman–Crippen MR) is 72.6 cm³/mol. The van der Waals surface area contributed by atoms with Gasteiger partial charge in [-0.1, -0.05) is 0 Å². The molecule has 2 aromatic carbocycles. The van der Waals surface area contributed by atoms with Crippen LogP contribution in [0.25, 0.3) is 10.8 Å². The number of rotatable bonds is 2. The van der Waals surface area contributed by atoms with Gasteiger partial charge in [0.2, 0.25) is 0 Å². The molecule has 0 aliphatic carbocycles. The first-order valence-electron chi connectivity index (χ1n) is 5.90. The van der Waals surface area contributed by atoms with Crippen LogP contribution in [0.4, 0.5) is 14.5 Å². The van der Waals surface area contributed by atoms with E-state index in [9.17, 15) is 8.78 Å². The van der Waals surface area contributed by atoms with Crippen molar-refractivity contribution in [3.8, 4) is 11.5 Å². The first-order chi connectivity index (χ1) is 9.65. The van der Waals surface area contributed by atoms with Crippen LogP contribution in [-0.4, -0.2) is 4.98 Å². The summed E-state index contributed by atoms with van der Waals surface area (Å²) in [4.78, 5) is 4.00. The number of pyridine rings is 1. The average Bonchev–Trinajstić information content (AvgIpc) is 2.46. The monoisotopic (exact) mass is 272 g/mol.